The van der Waals surface area contributed by atoms with Gasteiger partial charge in [0.2, 0.25) is 0 Å². The lowest BCUT2D eigenvalue weighted by molar-refractivity contribution is 0.549. The van der Waals surface area contributed by atoms with Gasteiger partial charge in [-0.15, -0.1) is 0 Å². The van der Waals surface area contributed by atoms with Crippen LogP contribution in [0, 0.1) is 5.82 Å². The fraction of sp³-hybridized carbons (Fsp3) is 0.357. The maximum atomic E-state index is 13.3. The summed E-state index contributed by atoms with van der Waals surface area (Å²) in [6.07, 6.45) is 4.68. The Hall–Kier alpha value is -1.68. The second kappa shape index (κ2) is 5.78. The summed E-state index contributed by atoms with van der Waals surface area (Å²) in [6, 6.07) is 6.60. The van der Waals surface area contributed by atoms with E-state index >= 15 is 0 Å². The first-order valence-electron chi connectivity index (χ1n) is 6.18. The zero-order valence-electron chi connectivity index (χ0n) is 10.7. The monoisotopic (exact) mass is 247 g/mol. The summed E-state index contributed by atoms with van der Waals surface area (Å²) >= 11 is 0. The van der Waals surface area contributed by atoms with E-state index in [1.807, 2.05) is 23.9 Å². The SMILES string of the molecule is CCCNC(c1cccc(F)c1)c1nccn1C. The first kappa shape index (κ1) is 12.8. The number of hydrogen-bond acceptors (Lipinski definition) is 2. The Kier molecular flexibility index (Phi) is 4.10. The summed E-state index contributed by atoms with van der Waals surface area (Å²) in [5.41, 5.74) is 0.901. The molecule has 1 unspecified atom stereocenters. The molecule has 0 aliphatic heterocycles. The van der Waals surface area contributed by atoms with Gasteiger partial charge in [-0.2, -0.15) is 0 Å². The van der Waals surface area contributed by atoms with E-state index in [2.05, 4.69) is 17.2 Å². The number of imidazole rings is 1. The van der Waals surface area contributed by atoms with Gasteiger partial charge >= 0.3 is 0 Å². The summed E-state index contributed by atoms with van der Waals surface area (Å²) in [5, 5.41) is 3.41. The topological polar surface area (TPSA) is 29.9 Å². The highest BCUT2D eigenvalue weighted by atomic mass is 19.1. The Morgan fingerprint density at radius 1 is 1.44 bits per heavy atom. The van der Waals surface area contributed by atoms with E-state index in [0.717, 1.165) is 24.4 Å². The van der Waals surface area contributed by atoms with Gasteiger partial charge in [0, 0.05) is 19.4 Å². The average Bonchev–Trinajstić information content (AvgIpc) is 2.77. The van der Waals surface area contributed by atoms with Crippen LogP contribution < -0.4 is 5.32 Å². The molecule has 1 aromatic carbocycles. The summed E-state index contributed by atoms with van der Waals surface area (Å²) < 4.78 is 15.3. The van der Waals surface area contributed by atoms with Gasteiger partial charge in [0.1, 0.15) is 11.6 Å². The van der Waals surface area contributed by atoms with Crippen molar-refractivity contribution in [2.24, 2.45) is 7.05 Å². The number of nitrogens with zero attached hydrogens (tertiary/aromatic N) is 2. The van der Waals surface area contributed by atoms with Crippen molar-refractivity contribution in [1.29, 1.82) is 0 Å². The van der Waals surface area contributed by atoms with Gasteiger partial charge < -0.3 is 9.88 Å². The molecule has 3 nitrogen and oxygen atoms in total. The molecule has 2 rings (SSSR count). The van der Waals surface area contributed by atoms with Crippen molar-refractivity contribution >= 4 is 0 Å². The highest BCUT2D eigenvalue weighted by Crippen LogP contribution is 2.20. The predicted octanol–water partition coefficient (Wildman–Crippen LogP) is 2.65. The summed E-state index contributed by atoms with van der Waals surface area (Å²) in [4.78, 5) is 4.35. The Bertz CT molecular complexity index is 507. The van der Waals surface area contributed by atoms with E-state index in [4.69, 9.17) is 0 Å². The smallest absolute Gasteiger partial charge is 0.130 e. The van der Waals surface area contributed by atoms with E-state index in [1.165, 1.54) is 6.07 Å². The van der Waals surface area contributed by atoms with Crippen LogP contribution in [0.15, 0.2) is 36.7 Å². The van der Waals surface area contributed by atoms with Crippen LogP contribution in [0.25, 0.3) is 0 Å². The molecular formula is C14H18FN3. The van der Waals surface area contributed by atoms with E-state index in [0.29, 0.717) is 0 Å². The molecule has 0 saturated heterocycles. The Morgan fingerprint density at radius 3 is 2.89 bits per heavy atom. The van der Waals surface area contributed by atoms with Gasteiger partial charge in [-0.1, -0.05) is 19.1 Å². The maximum absolute atomic E-state index is 13.3. The molecule has 0 aliphatic carbocycles. The number of aryl methyl sites for hydroxylation is 1. The van der Waals surface area contributed by atoms with Crippen LogP contribution in [0.5, 0.6) is 0 Å². The van der Waals surface area contributed by atoms with E-state index in [1.54, 1.807) is 18.3 Å². The third-order valence-electron chi connectivity index (χ3n) is 2.90. The number of hydrogen-bond donors (Lipinski definition) is 1. The van der Waals surface area contributed by atoms with Gasteiger partial charge in [0.15, 0.2) is 0 Å². The lowest BCUT2D eigenvalue weighted by Crippen LogP contribution is -2.25. The van der Waals surface area contributed by atoms with Crippen molar-refractivity contribution in [2.45, 2.75) is 19.4 Å². The van der Waals surface area contributed by atoms with Crippen LogP contribution in [-0.2, 0) is 7.05 Å². The largest absolute Gasteiger partial charge is 0.336 e. The average molecular weight is 247 g/mol. The molecule has 0 amide bonds. The number of nitrogens with one attached hydrogen (secondary N) is 1. The zero-order chi connectivity index (χ0) is 13.0. The van der Waals surface area contributed by atoms with E-state index < -0.39 is 0 Å². The second-order valence-electron chi connectivity index (χ2n) is 4.34. The van der Waals surface area contributed by atoms with Crippen molar-refractivity contribution in [3.05, 3.63) is 53.9 Å². The second-order valence-corrected chi connectivity index (χ2v) is 4.34. The van der Waals surface area contributed by atoms with Crippen LogP contribution in [-0.4, -0.2) is 16.1 Å². The van der Waals surface area contributed by atoms with Crippen molar-refractivity contribution in [1.82, 2.24) is 14.9 Å². The third-order valence-corrected chi connectivity index (χ3v) is 2.90. The van der Waals surface area contributed by atoms with Crippen LogP contribution in [0.1, 0.15) is 30.8 Å². The Balaban J connectivity index is 2.33. The fourth-order valence-corrected chi connectivity index (χ4v) is 1.99. The molecule has 1 N–H and O–H groups in total. The van der Waals surface area contributed by atoms with Gasteiger partial charge in [-0.25, -0.2) is 9.37 Å². The number of rotatable bonds is 5. The van der Waals surface area contributed by atoms with Crippen molar-refractivity contribution in [3.8, 4) is 0 Å². The quantitative estimate of drug-likeness (QED) is 0.880. The molecule has 0 saturated carbocycles. The van der Waals surface area contributed by atoms with Gasteiger partial charge in [0.25, 0.3) is 0 Å². The number of halogens is 1. The first-order valence-corrected chi connectivity index (χ1v) is 6.18. The van der Waals surface area contributed by atoms with Gasteiger partial charge in [-0.05, 0) is 30.7 Å². The molecule has 1 aromatic heterocycles. The molecule has 96 valence electrons. The van der Waals surface area contributed by atoms with Gasteiger partial charge in [0.05, 0.1) is 6.04 Å². The molecule has 1 heterocycles. The standard InChI is InChI=1S/C14H18FN3/c1-3-7-16-13(14-17-8-9-18(14)2)11-5-4-6-12(15)10-11/h4-6,8-10,13,16H,3,7H2,1-2H3. The molecule has 4 heteroatoms. The lowest BCUT2D eigenvalue weighted by atomic mass is 10.1. The summed E-state index contributed by atoms with van der Waals surface area (Å²) in [5.74, 6) is 0.680. The minimum Gasteiger partial charge on any atom is -0.336 e. The molecular weight excluding hydrogens is 229 g/mol. The lowest BCUT2D eigenvalue weighted by Gasteiger charge is -2.18. The summed E-state index contributed by atoms with van der Waals surface area (Å²) in [6.45, 7) is 2.97. The normalized spacial score (nSPS) is 12.6. The van der Waals surface area contributed by atoms with E-state index in [-0.39, 0.29) is 11.9 Å². The number of benzene rings is 1. The van der Waals surface area contributed by atoms with Crippen molar-refractivity contribution in [3.63, 3.8) is 0 Å². The maximum Gasteiger partial charge on any atom is 0.130 e. The Morgan fingerprint density at radius 2 is 2.28 bits per heavy atom. The van der Waals surface area contributed by atoms with E-state index in [9.17, 15) is 4.39 Å². The van der Waals surface area contributed by atoms with Crippen LogP contribution in [0.3, 0.4) is 0 Å². The first-order chi connectivity index (χ1) is 8.72. The molecule has 0 spiro atoms. The summed E-state index contributed by atoms with van der Waals surface area (Å²) in [7, 11) is 1.95. The molecule has 0 radical (unpaired) electrons. The Labute approximate surface area is 107 Å². The number of aromatic nitrogens is 2. The highest BCUT2D eigenvalue weighted by Gasteiger charge is 2.17. The molecule has 0 aliphatic rings. The molecule has 2 aromatic rings. The third kappa shape index (κ3) is 2.76. The molecule has 1 atom stereocenters. The zero-order valence-corrected chi connectivity index (χ0v) is 10.7. The highest BCUT2D eigenvalue weighted by molar-refractivity contribution is 5.26. The van der Waals surface area contributed by atoms with Crippen LogP contribution >= 0.6 is 0 Å². The van der Waals surface area contributed by atoms with Crippen molar-refractivity contribution in [2.75, 3.05) is 6.54 Å². The molecule has 18 heavy (non-hydrogen) atoms. The fourth-order valence-electron chi connectivity index (χ4n) is 1.99. The van der Waals surface area contributed by atoms with Crippen LogP contribution in [0.2, 0.25) is 0 Å². The predicted molar refractivity (Wildman–Crippen MR) is 69.7 cm³/mol. The van der Waals surface area contributed by atoms with Crippen LogP contribution in [0.4, 0.5) is 4.39 Å². The molecule has 0 bridgehead atoms. The minimum atomic E-state index is -0.218. The molecule has 0 fully saturated rings. The minimum absolute atomic E-state index is 0.0688. The van der Waals surface area contributed by atoms with Crippen molar-refractivity contribution < 1.29 is 4.39 Å². The van der Waals surface area contributed by atoms with Gasteiger partial charge in [-0.3, -0.25) is 0 Å².